The molecule has 0 amide bonds. The monoisotopic (exact) mass is 246 g/mol. The molecule has 0 aromatic carbocycles. The maximum atomic E-state index is 9.41. The Kier molecular flexibility index (Phi) is 3.50. The summed E-state index contributed by atoms with van der Waals surface area (Å²) in [5.41, 5.74) is 0.979. The molecule has 0 aliphatic rings. The zero-order chi connectivity index (χ0) is 10.0. The molecule has 1 heterocycles. The van der Waals surface area contributed by atoms with E-state index in [1.807, 2.05) is 13.8 Å². The highest BCUT2D eigenvalue weighted by molar-refractivity contribution is 9.10. The molecule has 0 fully saturated rings. The predicted molar refractivity (Wildman–Crippen MR) is 55.8 cm³/mol. The minimum absolute atomic E-state index is 0.0853. The molecule has 0 saturated heterocycles. The quantitative estimate of drug-likeness (QED) is 0.860. The van der Waals surface area contributed by atoms with Crippen LogP contribution in [0.5, 0.6) is 0 Å². The normalized spacial score (nSPS) is 15.8. The first kappa shape index (κ1) is 10.7. The van der Waals surface area contributed by atoms with Gasteiger partial charge >= 0.3 is 0 Å². The summed E-state index contributed by atoms with van der Waals surface area (Å²) in [5.74, 6) is 1.04. The van der Waals surface area contributed by atoms with Crippen LogP contribution in [0.2, 0.25) is 0 Å². The van der Waals surface area contributed by atoms with Crippen LogP contribution in [0.3, 0.4) is 0 Å². The van der Waals surface area contributed by atoms with Gasteiger partial charge in [-0.3, -0.25) is 0 Å². The molecule has 0 radical (unpaired) electrons. The summed E-state index contributed by atoms with van der Waals surface area (Å²) in [4.78, 5) is 7.48. The second-order valence-electron chi connectivity index (χ2n) is 3.27. The molecule has 0 saturated carbocycles. The van der Waals surface area contributed by atoms with E-state index in [1.165, 1.54) is 0 Å². The number of imidazole rings is 1. The van der Waals surface area contributed by atoms with Crippen LogP contribution < -0.4 is 0 Å². The van der Waals surface area contributed by atoms with E-state index in [9.17, 15) is 5.11 Å². The van der Waals surface area contributed by atoms with E-state index in [0.29, 0.717) is 0 Å². The maximum absolute atomic E-state index is 9.41. The summed E-state index contributed by atoms with van der Waals surface area (Å²) in [6, 6.07) is 0. The smallest absolute Gasteiger partial charge is 0.127 e. The highest BCUT2D eigenvalue weighted by Crippen LogP contribution is 2.25. The number of halogens is 1. The van der Waals surface area contributed by atoms with Crippen molar-refractivity contribution in [2.45, 2.75) is 39.2 Å². The Hall–Kier alpha value is -0.350. The Morgan fingerprint density at radius 1 is 1.54 bits per heavy atom. The summed E-state index contributed by atoms with van der Waals surface area (Å²) in [5, 5.41) is 9.41. The molecule has 2 atom stereocenters. The average Bonchev–Trinajstić information content (AvgIpc) is 2.45. The van der Waals surface area contributed by atoms with E-state index in [2.05, 4.69) is 25.9 Å². The first-order valence-corrected chi connectivity index (χ1v) is 5.27. The van der Waals surface area contributed by atoms with Crippen molar-refractivity contribution in [3.8, 4) is 0 Å². The molecule has 1 rings (SSSR count). The lowest BCUT2D eigenvalue weighted by molar-refractivity contribution is 0.167. The van der Waals surface area contributed by atoms with Crippen molar-refractivity contribution < 1.29 is 5.11 Å². The van der Waals surface area contributed by atoms with Crippen molar-refractivity contribution in [3.63, 3.8) is 0 Å². The highest BCUT2D eigenvalue weighted by atomic mass is 79.9. The first-order valence-electron chi connectivity index (χ1n) is 4.48. The van der Waals surface area contributed by atoms with Gasteiger partial charge in [-0.05, 0) is 22.9 Å². The number of H-pyrrole nitrogens is 1. The lowest BCUT2D eigenvalue weighted by atomic mass is 10.0. The van der Waals surface area contributed by atoms with Gasteiger partial charge in [0.1, 0.15) is 10.4 Å². The minimum Gasteiger partial charge on any atom is -0.393 e. The van der Waals surface area contributed by atoms with Crippen LogP contribution in [0.15, 0.2) is 4.60 Å². The van der Waals surface area contributed by atoms with E-state index in [4.69, 9.17) is 0 Å². The van der Waals surface area contributed by atoms with Gasteiger partial charge in [0.2, 0.25) is 0 Å². The lowest BCUT2D eigenvalue weighted by Crippen LogP contribution is -2.11. The number of rotatable bonds is 3. The van der Waals surface area contributed by atoms with Gasteiger partial charge in [-0.1, -0.05) is 13.8 Å². The van der Waals surface area contributed by atoms with Gasteiger partial charge in [0, 0.05) is 12.3 Å². The number of hydrogen-bond acceptors (Lipinski definition) is 2. The summed E-state index contributed by atoms with van der Waals surface area (Å²) in [7, 11) is 0. The number of nitrogens with one attached hydrogen (secondary N) is 1. The topological polar surface area (TPSA) is 48.9 Å². The van der Waals surface area contributed by atoms with E-state index in [0.717, 1.165) is 22.5 Å². The van der Waals surface area contributed by atoms with Crippen molar-refractivity contribution >= 4 is 15.9 Å². The third-order valence-electron chi connectivity index (χ3n) is 2.25. The highest BCUT2D eigenvalue weighted by Gasteiger charge is 2.17. The van der Waals surface area contributed by atoms with Crippen molar-refractivity contribution in [2.75, 3.05) is 0 Å². The Bertz CT molecular complexity index is 283. The molecule has 13 heavy (non-hydrogen) atoms. The van der Waals surface area contributed by atoms with Gasteiger partial charge in [-0.2, -0.15) is 0 Å². The molecule has 1 aromatic heterocycles. The van der Waals surface area contributed by atoms with Gasteiger partial charge in [-0.15, -0.1) is 0 Å². The molecule has 3 nitrogen and oxygen atoms in total. The summed E-state index contributed by atoms with van der Waals surface area (Å²) in [6.45, 7) is 5.80. The zero-order valence-corrected chi connectivity index (χ0v) is 9.72. The summed E-state index contributed by atoms with van der Waals surface area (Å²) >= 11 is 3.37. The summed E-state index contributed by atoms with van der Waals surface area (Å²) < 4.78 is 0.817. The fraction of sp³-hybridized carbons (Fsp3) is 0.667. The molecule has 1 aromatic rings. The second kappa shape index (κ2) is 4.24. The molecule has 0 spiro atoms. The van der Waals surface area contributed by atoms with Gasteiger partial charge in [-0.25, -0.2) is 4.98 Å². The maximum Gasteiger partial charge on any atom is 0.127 e. The standard InChI is InChI=1S/C9H15BrN2O/c1-4-7-11-8(9(10)12-7)5(2)6(3)13/h5-6,13H,4H2,1-3H3,(H,11,12). The zero-order valence-electron chi connectivity index (χ0n) is 8.13. The van der Waals surface area contributed by atoms with Gasteiger partial charge in [0.25, 0.3) is 0 Å². The molecule has 74 valence electrons. The van der Waals surface area contributed by atoms with E-state index in [1.54, 1.807) is 6.92 Å². The van der Waals surface area contributed by atoms with Gasteiger partial charge in [0.15, 0.2) is 0 Å². The molecule has 2 unspecified atom stereocenters. The van der Waals surface area contributed by atoms with Crippen LogP contribution in [0.4, 0.5) is 0 Å². The van der Waals surface area contributed by atoms with Crippen molar-refractivity contribution in [2.24, 2.45) is 0 Å². The number of nitrogens with zero attached hydrogens (tertiary/aromatic N) is 1. The van der Waals surface area contributed by atoms with Crippen LogP contribution in [0, 0.1) is 0 Å². The molecule has 4 heteroatoms. The van der Waals surface area contributed by atoms with Gasteiger partial charge in [0.05, 0.1) is 11.8 Å². The molecular weight excluding hydrogens is 232 g/mol. The number of aromatic nitrogens is 2. The Labute approximate surface area is 86.7 Å². The van der Waals surface area contributed by atoms with Crippen molar-refractivity contribution in [1.29, 1.82) is 0 Å². The molecule has 2 N–H and O–H groups in total. The average molecular weight is 247 g/mol. The number of hydrogen-bond donors (Lipinski definition) is 2. The third kappa shape index (κ3) is 2.31. The molecule has 0 bridgehead atoms. The number of aliphatic hydroxyl groups is 1. The lowest BCUT2D eigenvalue weighted by Gasteiger charge is -2.12. The third-order valence-corrected chi connectivity index (χ3v) is 2.85. The predicted octanol–water partition coefficient (Wildman–Crippen LogP) is 2.22. The minimum atomic E-state index is -0.360. The van der Waals surface area contributed by atoms with Crippen LogP contribution in [-0.4, -0.2) is 21.2 Å². The second-order valence-corrected chi connectivity index (χ2v) is 4.02. The van der Waals surface area contributed by atoms with Crippen LogP contribution in [-0.2, 0) is 6.42 Å². The van der Waals surface area contributed by atoms with E-state index in [-0.39, 0.29) is 12.0 Å². The SMILES string of the molecule is CCc1nc(Br)c(C(C)C(C)O)[nH]1. The number of aryl methyl sites for hydroxylation is 1. The van der Waals surface area contributed by atoms with E-state index >= 15 is 0 Å². The van der Waals surface area contributed by atoms with Crippen LogP contribution in [0.25, 0.3) is 0 Å². The van der Waals surface area contributed by atoms with Crippen molar-refractivity contribution in [3.05, 3.63) is 16.1 Å². The fourth-order valence-electron chi connectivity index (χ4n) is 1.12. The summed E-state index contributed by atoms with van der Waals surface area (Å²) in [6.07, 6.45) is 0.520. The first-order chi connectivity index (χ1) is 6.06. The Morgan fingerprint density at radius 2 is 2.15 bits per heavy atom. The molecular formula is C9H15BrN2O. The Morgan fingerprint density at radius 3 is 2.54 bits per heavy atom. The van der Waals surface area contributed by atoms with Crippen LogP contribution >= 0.6 is 15.9 Å². The number of aliphatic hydroxyl groups excluding tert-OH is 1. The Balaban J connectivity index is 2.93. The molecule has 0 aliphatic heterocycles. The van der Waals surface area contributed by atoms with Crippen LogP contribution in [0.1, 0.15) is 38.2 Å². The fourth-order valence-corrected chi connectivity index (χ4v) is 1.80. The van der Waals surface area contributed by atoms with E-state index < -0.39 is 0 Å². The number of aromatic amines is 1. The van der Waals surface area contributed by atoms with Gasteiger partial charge < -0.3 is 10.1 Å². The van der Waals surface area contributed by atoms with Crippen molar-refractivity contribution in [1.82, 2.24) is 9.97 Å². The molecule has 0 aliphatic carbocycles. The largest absolute Gasteiger partial charge is 0.393 e.